The zero-order chi connectivity index (χ0) is 18.0. The Balaban J connectivity index is 1.91. The molecule has 25 heavy (non-hydrogen) atoms. The van der Waals surface area contributed by atoms with E-state index in [1.807, 2.05) is 6.92 Å². The standard InChI is InChI=1S/C17H18FN5O2/c1-4-14-12(8-22(3)21-14)17(24)25-11(2)16-13(18)6-5-7-15(16)23-10-19-9-20-23/h5-11H,4H2,1-3H3/t11-/m1/s1. The van der Waals surface area contributed by atoms with E-state index in [4.69, 9.17) is 4.74 Å². The van der Waals surface area contributed by atoms with E-state index in [0.717, 1.165) is 0 Å². The number of benzene rings is 1. The summed E-state index contributed by atoms with van der Waals surface area (Å²) in [7, 11) is 1.74. The van der Waals surface area contributed by atoms with Crippen molar-refractivity contribution in [2.75, 3.05) is 0 Å². The lowest BCUT2D eigenvalue weighted by Crippen LogP contribution is -2.14. The number of ether oxygens (including phenoxy) is 1. The maximum absolute atomic E-state index is 14.4. The van der Waals surface area contributed by atoms with Crippen molar-refractivity contribution < 1.29 is 13.9 Å². The van der Waals surface area contributed by atoms with Crippen molar-refractivity contribution in [3.05, 3.63) is 59.7 Å². The first-order valence-electron chi connectivity index (χ1n) is 7.88. The van der Waals surface area contributed by atoms with Crippen LogP contribution in [0.5, 0.6) is 0 Å². The van der Waals surface area contributed by atoms with Gasteiger partial charge in [-0.1, -0.05) is 13.0 Å². The highest BCUT2D eigenvalue weighted by Gasteiger charge is 2.23. The van der Waals surface area contributed by atoms with E-state index >= 15 is 0 Å². The summed E-state index contributed by atoms with van der Waals surface area (Å²) in [5.41, 5.74) is 1.74. The van der Waals surface area contributed by atoms with Crippen molar-refractivity contribution in [1.29, 1.82) is 0 Å². The molecule has 0 aliphatic rings. The second-order valence-electron chi connectivity index (χ2n) is 5.58. The third kappa shape index (κ3) is 3.28. The third-order valence-electron chi connectivity index (χ3n) is 3.85. The quantitative estimate of drug-likeness (QED) is 0.666. The fraction of sp³-hybridized carbons (Fsp3) is 0.294. The van der Waals surface area contributed by atoms with Crippen molar-refractivity contribution >= 4 is 5.97 Å². The minimum absolute atomic E-state index is 0.239. The van der Waals surface area contributed by atoms with Gasteiger partial charge in [-0.3, -0.25) is 4.68 Å². The van der Waals surface area contributed by atoms with Gasteiger partial charge in [0.1, 0.15) is 30.1 Å². The summed E-state index contributed by atoms with van der Waals surface area (Å²) in [4.78, 5) is 16.4. The molecule has 1 aromatic carbocycles. The highest BCUT2D eigenvalue weighted by Crippen LogP contribution is 2.28. The summed E-state index contributed by atoms with van der Waals surface area (Å²) in [5, 5.41) is 8.25. The van der Waals surface area contributed by atoms with Gasteiger partial charge in [-0.25, -0.2) is 18.9 Å². The molecule has 0 amide bonds. The maximum Gasteiger partial charge on any atom is 0.342 e. The van der Waals surface area contributed by atoms with Crippen LogP contribution in [0, 0.1) is 5.82 Å². The molecule has 0 N–H and O–H groups in total. The molecule has 0 aliphatic carbocycles. The first kappa shape index (κ1) is 16.8. The van der Waals surface area contributed by atoms with Crippen molar-refractivity contribution in [2.24, 2.45) is 7.05 Å². The molecule has 0 bridgehead atoms. The molecule has 0 unspecified atom stereocenters. The van der Waals surface area contributed by atoms with E-state index in [1.165, 1.54) is 23.4 Å². The second-order valence-corrected chi connectivity index (χ2v) is 5.58. The van der Waals surface area contributed by atoms with E-state index in [-0.39, 0.29) is 5.56 Å². The Morgan fingerprint density at radius 3 is 2.88 bits per heavy atom. The topological polar surface area (TPSA) is 74.8 Å². The van der Waals surface area contributed by atoms with Crippen LogP contribution in [0.25, 0.3) is 5.69 Å². The van der Waals surface area contributed by atoms with Crippen LogP contribution in [0.4, 0.5) is 4.39 Å². The van der Waals surface area contributed by atoms with Gasteiger partial charge in [-0.05, 0) is 25.5 Å². The minimum atomic E-state index is -0.808. The van der Waals surface area contributed by atoms with Crippen LogP contribution >= 0.6 is 0 Å². The Bertz CT molecular complexity index is 889. The SMILES string of the molecule is CCc1nn(C)cc1C(=O)O[C@H](C)c1c(F)cccc1-n1cncn1. The molecule has 0 aliphatic heterocycles. The van der Waals surface area contributed by atoms with Crippen LogP contribution < -0.4 is 0 Å². The molecule has 130 valence electrons. The molecule has 2 heterocycles. The number of hydrogen-bond donors (Lipinski definition) is 0. The van der Waals surface area contributed by atoms with Gasteiger partial charge in [0, 0.05) is 13.2 Å². The summed E-state index contributed by atoms with van der Waals surface area (Å²) in [6.07, 6.45) is 4.22. The highest BCUT2D eigenvalue weighted by atomic mass is 19.1. The second kappa shape index (κ2) is 6.84. The molecule has 0 saturated heterocycles. The molecular formula is C17H18FN5O2. The van der Waals surface area contributed by atoms with Gasteiger partial charge >= 0.3 is 5.97 Å². The van der Waals surface area contributed by atoms with Gasteiger partial charge in [-0.15, -0.1) is 0 Å². The van der Waals surface area contributed by atoms with Crippen molar-refractivity contribution in [3.8, 4) is 5.69 Å². The number of carbonyl (C=O) groups is 1. The first-order chi connectivity index (χ1) is 12.0. The number of hydrogen-bond acceptors (Lipinski definition) is 5. The van der Waals surface area contributed by atoms with Crippen LogP contribution in [0.2, 0.25) is 0 Å². The molecular weight excluding hydrogens is 325 g/mol. The fourth-order valence-electron chi connectivity index (χ4n) is 2.71. The van der Waals surface area contributed by atoms with Gasteiger partial charge in [-0.2, -0.15) is 10.2 Å². The molecule has 3 aromatic rings. The Morgan fingerprint density at radius 2 is 2.20 bits per heavy atom. The van der Waals surface area contributed by atoms with E-state index < -0.39 is 17.9 Å². The predicted molar refractivity (Wildman–Crippen MR) is 87.7 cm³/mol. The Kier molecular flexibility index (Phi) is 4.60. The molecule has 8 heteroatoms. The monoisotopic (exact) mass is 343 g/mol. The van der Waals surface area contributed by atoms with Gasteiger partial charge in [0.05, 0.1) is 16.9 Å². The third-order valence-corrected chi connectivity index (χ3v) is 3.85. The Hall–Kier alpha value is -3.03. The van der Waals surface area contributed by atoms with E-state index in [1.54, 1.807) is 37.0 Å². The summed E-state index contributed by atoms with van der Waals surface area (Å²) in [5.74, 6) is -1.01. The molecule has 0 saturated carbocycles. The predicted octanol–water partition coefficient (Wildman–Crippen LogP) is 2.62. The molecule has 0 fully saturated rings. The summed E-state index contributed by atoms with van der Waals surface area (Å²) < 4.78 is 22.9. The van der Waals surface area contributed by atoms with Crippen LogP contribution in [0.15, 0.2) is 37.1 Å². The Labute approximate surface area is 144 Å². The number of aromatic nitrogens is 5. The summed E-state index contributed by atoms with van der Waals surface area (Å²) in [6.45, 7) is 3.53. The number of nitrogens with zero attached hydrogens (tertiary/aromatic N) is 5. The van der Waals surface area contributed by atoms with Crippen LogP contribution in [-0.4, -0.2) is 30.5 Å². The van der Waals surface area contributed by atoms with Gasteiger partial charge in [0.2, 0.25) is 0 Å². The van der Waals surface area contributed by atoms with Gasteiger partial charge < -0.3 is 4.74 Å². The average molecular weight is 343 g/mol. The molecule has 7 nitrogen and oxygen atoms in total. The van der Waals surface area contributed by atoms with Crippen molar-refractivity contribution in [1.82, 2.24) is 24.5 Å². The number of rotatable bonds is 5. The van der Waals surface area contributed by atoms with Crippen molar-refractivity contribution in [2.45, 2.75) is 26.4 Å². The van der Waals surface area contributed by atoms with E-state index in [2.05, 4.69) is 15.2 Å². The smallest absolute Gasteiger partial charge is 0.342 e. The molecule has 3 rings (SSSR count). The van der Waals surface area contributed by atoms with E-state index in [9.17, 15) is 9.18 Å². The van der Waals surface area contributed by atoms with Gasteiger partial charge in [0.25, 0.3) is 0 Å². The van der Waals surface area contributed by atoms with E-state index in [0.29, 0.717) is 23.4 Å². The molecule has 1 atom stereocenters. The lowest BCUT2D eigenvalue weighted by Gasteiger charge is -2.17. The normalized spacial score (nSPS) is 12.2. The maximum atomic E-state index is 14.4. The van der Waals surface area contributed by atoms with Crippen LogP contribution in [0.3, 0.4) is 0 Å². The molecule has 2 aromatic heterocycles. The highest BCUT2D eigenvalue weighted by molar-refractivity contribution is 5.90. The summed E-state index contributed by atoms with van der Waals surface area (Å²) in [6, 6.07) is 4.58. The van der Waals surface area contributed by atoms with Crippen molar-refractivity contribution in [3.63, 3.8) is 0 Å². The number of aryl methyl sites for hydroxylation is 2. The minimum Gasteiger partial charge on any atom is -0.454 e. The largest absolute Gasteiger partial charge is 0.454 e. The lowest BCUT2D eigenvalue weighted by molar-refractivity contribution is 0.0330. The molecule has 0 spiro atoms. The van der Waals surface area contributed by atoms with Crippen LogP contribution in [-0.2, 0) is 18.2 Å². The fourth-order valence-corrected chi connectivity index (χ4v) is 2.71. The average Bonchev–Trinajstić information content (AvgIpc) is 3.23. The number of esters is 1. The number of halogens is 1. The lowest BCUT2D eigenvalue weighted by atomic mass is 10.1. The first-order valence-corrected chi connectivity index (χ1v) is 7.88. The number of carbonyl (C=O) groups excluding carboxylic acids is 1. The Morgan fingerprint density at radius 1 is 1.40 bits per heavy atom. The van der Waals surface area contributed by atoms with Crippen LogP contribution in [0.1, 0.15) is 41.6 Å². The zero-order valence-corrected chi connectivity index (χ0v) is 14.2. The zero-order valence-electron chi connectivity index (χ0n) is 14.2. The molecule has 0 radical (unpaired) electrons. The van der Waals surface area contributed by atoms with Gasteiger partial charge in [0.15, 0.2) is 0 Å². The summed E-state index contributed by atoms with van der Waals surface area (Å²) >= 11 is 0.